The molecule has 30 heavy (non-hydrogen) atoms. The molecule has 1 unspecified atom stereocenters. The predicted octanol–water partition coefficient (Wildman–Crippen LogP) is 3.76. The highest BCUT2D eigenvalue weighted by Gasteiger charge is 2.30. The molecule has 2 heterocycles. The van der Waals surface area contributed by atoms with Gasteiger partial charge in [0.1, 0.15) is 11.9 Å². The smallest absolute Gasteiger partial charge is 0.419 e. The molecule has 2 aromatic heterocycles. The minimum absolute atomic E-state index is 0.0281. The number of halogens is 1. The molecule has 0 radical (unpaired) electrons. The fourth-order valence-electron chi connectivity index (χ4n) is 4.19. The van der Waals surface area contributed by atoms with Gasteiger partial charge in [-0.1, -0.05) is 17.7 Å². The average molecular weight is 432 g/mol. The Bertz CT molecular complexity index is 1000. The predicted molar refractivity (Wildman–Crippen MR) is 114 cm³/mol. The first-order chi connectivity index (χ1) is 14.4. The van der Waals surface area contributed by atoms with Gasteiger partial charge in [-0.3, -0.25) is 9.36 Å². The van der Waals surface area contributed by atoms with Crippen LogP contribution in [0.25, 0.3) is 6.08 Å². The topological polar surface area (TPSA) is 86.4 Å². The van der Waals surface area contributed by atoms with Crippen LogP contribution in [-0.4, -0.2) is 27.6 Å². The second-order valence-corrected chi connectivity index (χ2v) is 8.66. The summed E-state index contributed by atoms with van der Waals surface area (Å²) in [6, 6.07) is 3.28. The summed E-state index contributed by atoms with van der Waals surface area (Å²) in [5, 5.41) is 3.69. The summed E-state index contributed by atoms with van der Waals surface area (Å²) in [5.41, 5.74) is 0.799. The maximum Gasteiger partial charge on any atom is 0.419 e. The number of rotatable bonds is 5. The number of aromatic nitrogens is 2. The maximum absolute atomic E-state index is 12.8. The molecule has 2 aliphatic rings. The fraction of sp³-hybridized carbons (Fsp3) is 0.500. The summed E-state index contributed by atoms with van der Waals surface area (Å²) in [7, 11) is 0. The molecule has 7 nitrogen and oxygen atoms in total. The van der Waals surface area contributed by atoms with E-state index in [2.05, 4.69) is 10.3 Å². The van der Waals surface area contributed by atoms with E-state index < -0.39 is 0 Å². The number of ether oxygens (including phenoxy) is 1. The van der Waals surface area contributed by atoms with Gasteiger partial charge in [0.15, 0.2) is 0 Å². The van der Waals surface area contributed by atoms with Crippen LogP contribution in [-0.2, 0) is 11.2 Å². The van der Waals surface area contributed by atoms with Crippen molar-refractivity contribution in [3.63, 3.8) is 0 Å². The SMILES string of the molecule is CC(C)n1c2c(oc1=O)CC(NC(=O)C1CCC(Oc3cc(Cl)ccn3)CC1)C=C2. The van der Waals surface area contributed by atoms with Crippen LogP contribution in [0.5, 0.6) is 5.88 Å². The van der Waals surface area contributed by atoms with E-state index in [1.807, 2.05) is 26.0 Å². The van der Waals surface area contributed by atoms with Gasteiger partial charge in [0.05, 0.1) is 11.7 Å². The third-order valence-corrected chi connectivity index (χ3v) is 5.95. The van der Waals surface area contributed by atoms with E-state index in [1.54, 1.807) is 22.9 Å². The molecule has 1 amide bonds. The fourth-order valence-corrected chi connectivity index (χ4v) is 4.34. The molecular weight excluding hydrogens is 406 g/mol. The van der Waals surface area contributed by atoms with Crippen LogP contribution in [0.4, 0.5) is 0 Å². The number of nitrogens with one attached hydrogen (secondary N) is 1. The summed E-state index contributed by atoms with van der Waals surface area (Å²) >= 11 is 5.97. The van der Waals surface area contributed by atoms with Gasteiger partial charge in [0, 0.05) is 35.7 Å². The minimum atomic E-state index is -0.348. The van der Waals surface area contributed by atoms with Crippen LogP contribution in [0, 0.1) is 5.92 Å². The Hall–Kier alpha value is -2.54. The first-order valence-electron chi connectivity index (χ1n) is 10.4. The number of carbonyl (C=O) groups excluding carboxylic acids is 1. The molecule has 1 N–H and O–H groups in total. The number of carbonyl (C=O) groups is 1. The van der Waals surface area contributed by atoms with Gasteiger partial charge in [-0.15, -0.1) is 0 Å². The lowest BCUT2D eigenvalue weighted by Gasteiger charge is -2.29. The Balaban J connectivity index is 1.30. The van der Waals surface area contributed by atoms with E-state index in [-0.39, 0.29) is 35.8 Å². The Kier molecular flexibility index (Phi) is 5.99. The third kappa shape index (κ3) is 4.46. The van der Waals surface area contributed by atoms with Crippen molar-refractivity contribution in [1.82, 2.24) is 14.9 Å². The van der Waals surface area contributed by atoms with E-state index in [0.717, 1.165) is 31.4 Å². The Morgan fingerprint density at radius 3 is 2.80 bits per heavy atom. The van der Waals surface area contributed by atoms with E-state index in [4.69, 9.17) is 20.8 Å². The Morgan fingerprint density at radius 1 is 1.33 bits per heavy atom. The summed E-state index contributed by atoms with van der Waals surface area (Å²) in [6.07, 6.45) is 9.08. The monoisotopic (exact) mass is 431 g/mol. The van der Waals surface area contributed by atoms with Crippen molar-refractivity contribution >= 4 is 23.6 Å². The highest BCUT2D eigenvalue weighted by atomic mass is 35.5. The standard InChI is InChI=1S/C22H26ClN3O4/c1-13(2)26-18-8-5-16(12-19(18)30-22(26)28)25-21(27)14-3-6-17(7-4-14)29-20-11-15(23)9-10-24-20/h5,8-11,13-14,16-17H,3-4,6-7,12H2,1-2H3,(H,25,27). The highest BCUT2D eigenvalue weighted by Crippen LogP contribution is 2.28. The largest absolute Gasteiger partial charge is 0.474 e. The van der Waals surface area contributed by atoms with Gasteiger partial charge < -0.3 is 14.5 Å². The molecule has 0 aliphatic heterocycles. The quantitative estimate of drug-likeness (QED) is 0.778. The minimum Gasteiger partial charge on any atom is -0.474 e. The van der Waals surface area contributed by atoms with Gasteiger partial charge in [0.2, 0.25) is 11.8 Å². The van der Waals surface area contributed by atoms with Crippen molar-refractivity contribution in [2.75, 3.05) is 0 Å². The number of oxazole rings is 1. The molecule has 2 aromatic rings. The molecule has 2 aliphatic carbocycles. The zero-order chi connectivity index (χ0) is 21.3. The van der Waals surface area contributed by atoms with Gasteiger partial charge in [-0.25, -0.2) is 9.78 Å². The van der Waals surface area contributed by atoms with Crippen LogP contribution in [0.3, 0.4) is 0 Å². The summed E-state index contributed by atoms with van der Waals surface area (Å²) in [6.45, 7) is 3.89. The summed E-state index contributed by atoms with van der Waals surface area (Å²) < 4.78 is 12.9. The van der Waals surface area contributed by atoms with Crippen LogP contribution in [0.1, 0.15) is 57.0 Å². The second kappa shape index (κ2) is 8.68. The molecule has 0 aromatic carbocycles. The number of hydrogen-bond acceptors (Lipinski definition) is 5. The molecule has 4 rings (SSSR count). The van der Waals surface area contributed by atoms with E-state index in [1.165, 1.54) is 0 Å². The molecule has 1 atom stereocenters. The summed E-state index contributed by atoms with van der Waals surface area (Å²) in [4.78, 5) is 29.0. The van der Waals surface area contributed by atoms with Gasteiger partial charge in [0.25, 0.3) is 0 Å². The van der Waals surface area contributed by atoms with Crippen molar-refractivity contribution in [1.29, 1.82) is 0 Å². The Labute approximate surface area is 180 Å². The molecule has 1 saturated carbocycles. The Morgan fingerprint density at radius 2 is 2.10 bits per heavy atom. The van der Waals surface area contributed by atoms with E-state index in [0.29, 0.717) is 23.1 Å². The first-order valence-corrected chi connectivity index (χ1v) is 10.8. The van der Waals surface area contributed by atoms with Crippen LogP contribution < -0.4 is 15.8 Å². The van der Waals surface area contributed by atoms with Crippen molar-refractivity contribution < 1.29 is 13.9 Å². The van der Waals surface area contributed by atoms with Crippen LogP contribution >= 0.6 is 11.6 Å². The maximum atomic E-state index is 12.8. The van der Waals surface area contributed by atoms with Gasteiger partial charge in [-0.05, 0) is 51.7 Å². The van der Waals surface area contributed by atoms with Gasteiger partial charge >= 0.3 is 5.76 Å². The molecule has 0 bridgehead atoms. The number of nitrogens with zero attached hydrogens (tertiary/aromatic N) is 2. The van der Waals surface area contributed by atoms with Crippen molar-refractivity contribution in [2.45, 2.75) is 64.1 Å². The molecule has 1 fully saturated rings. The lowest BCUT2D eigenvalue weighted by atomic mass is 9.86. The van der Waals surface area contributed by atoms with Gasteiger partial charge in [-0.2, -0.15) is 0 Å². The number of fused-ring (bicyclic) bond motifs is 1. The molecular formula is C22H26ClN3O4. The highest BCUT2D eigenvalue weighted by molar-refractivity contribution is 6.30. The molecule has 0 spiro atoms. The normalized spacial score (nSPS) is 23.3. The number of pyridine rings is 1. The van der Waals surface area contributed by atoms with Crippen molar-refractivity contribution in [3.05, 3.63) is 51.4 Å². The molecule has 160 valence electrons. The summed E-state index contributed by atoms with van der Waals surface area (Å²) in [5.74, 6) is 0.803. The van der Waals surface area contributed by atoms with Crippen LogP contribution in [0.2, 0.25) is 5.02 Å². The van der Waals surface area contributed by atoms with E-state index in [9.17, 15) is 9.59 Å². The second-order valence-electron chi connectivity index (χ2n) is 8.22. The molecule has 0 saturated heterocycles. The van der Waals surface area contributed by atoms with Crippen molar-refractivity contribution in [2.24, 2.45) is 5.92 Å². The molecule has 8 heteroatoms. The number of hydrogen-bond donors (Lipinski definition) is 1. The zero-order valence-corrected chi connectivity index (χ0v) is 17.9. The first kappa shape index (κ1) is 20.7. The number of amides is 1. The van der Waals surface area contributed by atoms with Crippen LogP contribution in [0.15, 0.2) is 33.6 Å². The average Bonchev–Trinajstić information content (AvgIpc) is 3.03. The zero-order valence-electron chi connectivity index (χ0n) is 17.1. The lowest BCUT2D eigenvalue weighted by molar-refractivity contribution is -0.126. The van der Waals surface area contributed by atoms with Crippen molar-refractivity contribution in [3.8, 4) is 5.88 Å². The lowest BCUT2D eigenvalue weighted by Crippen LogP contribution is -2.41. The van der Waals surface area contributed by atoms with E-state index >= 15 is 0 Å². The third-order valence-electron chi connectivity index (χ3n) is 5.72.